The minimum absolute atomic E-state index is 0.0424. The number of hydrogen-bond donors (Lipinski definition) is 3. The number of thiazole rings is 1. The standard InChI is InChI=1S/C9H15N3O5S2/c1-5(2)17-9(14)12-19(15,16)11-8-10-7(4-18-8)6(3)13/h4-6,13H,1-3H3,(H,10,11)(H,12,14). The number of hydrogen-bond acceptors (Lipinski definition) is 7. The number of nitrogens with one attached hydrogen (secondary N) is 2. The Morgan fingerprint density at radius 3 is 2.58 bits per heavy atom. The first-order valence-electron chi connectivity index (χ1n) is 5.34. The lowest BCUT2D eigenvalue weighted by Gasteiger charge is -2.10. The van der Waals surface area contributed by atoms with Crippen molar-refractivity contribution in [2.75, 3.05) is 4.72 Å². The van der Waals surface area contributed by atoms with Gasteiger partial charge in [-0.15, -0.1) is 11.3 Å². The maximum absolute atomic E-state index is 11.6. The summed E-state index contributed by atoms with van der Waals surface area (Å²) in [5.41, 5.74) is 0.340. The van der Waals surface area contributed by atoms with E-state index in [1.165, 1.54) is 12.3 Å². The first kappa shape index (κ1) is 15.7. The van der Waals surface area contributed by atoms with Crippen molar-refractivity contribution in [3.8, 4) is 0 Å². The van der Waals surface area contributed by atoms with Gasteiger partial charge in [0, 0.05) is 5.38 Å². The van der Waals surface area contributed by atoms with Gasteiger partial charge in [0.2, 0.25) is 0 Å². The highest BCUT2D eigenvalue weighted by Gasteiger charge is 2.18. The van der Waals surface area contributed by atoms with Gasteiger partial charge in [-0.3, -0.25) is 0 Å². The molecule has 0 spiro atoms. The van der Waals surface area contributed by atoms with Gasteiger partial charge < -0.3 is 9.84 Å². The average molecular weight is 309 g/mol. The molecule has 108 valence electrons. The molecule has 3 N–H and O–H groups in total. The second kappa shape index (κ2) is 6.17. The SMILES string of the molecule is CC(C)OC(=O)NS(=O)(=O)Nc1nc(C(C)O)cs1. The molecule has 1 amide bonds. The second-order valence-electron chi connectivity index (χ2n) is 3.92. The topological polar surface area (TPSA) is 118 Å². The number of amides is 1. The number of aliphatic hydroxyl groups is 1. The van der Waals surface area contributed by atoms with Gasteiger partial charge in [0.25, 0.3) is 0 Å². The molecular weight excluding hydrogens is 294 g/mol. The Bertz CT molecular complexity index is 538. The lowest BCUT2D eigenvalue weighted by atomic mass is 10.3. The van der Waals surface area contributed by atoms with Crippen molar-refractivity contribution in [3.63, 3.8) is 0 Å². The number of anilines is 1. The third kappa shape index (κ3) is 5.41. The number of aromatic nitrogens is 1. The predicted octanol–water partition coefficient (Wildman–Crippen LogP) is 0.988. The van der Waals surface area contributed by atoms with Gasteiger partial charge in [-0.05, 0) is 20.8 Å². The molecule has 0 fully saturated rings. The second-order valence-corrected chi connectivity index (χ2v) is 6.19. The van der Waals surface area contributed by atoms with Crippen molar-refractivity contribution in [3.05, 3.63) is 11.1 Å². The molecule has 0 saturated carbocycles. The van der Waals surface area contributed by atoms with Crippen molar-refractivity contribution in [1.82, 2.24) is 9.71 Å². The molecule has 0 aromatic carbocycles. The monoisotopic (exact) mass is 309 g/mol. The summed E-state index contributed by atoms with van der Waals surface area (Å²) >= 11 is 0.992. The van der Waals surface area contributed by atoms with E-state index >= 15 is 0 Å². The summed E-state index contributed by atoms with van der Waals surface area (Å²) in [5, 5.41) is 10.8. The number of aliphatic hydroxyl groups excluding tert-OH is 1. The molecule has 1 aromatic rings. The van der Waals surface area contributed by atoms with Gasteiger partial charge in [0.15, 0.2) is 5.13 Å². The molecule has 0 bridgehead atoms. The van der Waals surface area contributed by atoms with E-state index in [-0.39, 0.29) is 5.13 Å². The Kier molecular flexibility index (Phi) is 5.09. The Morgan fingerprint density at radius 1 is 1.47 bits per heavy atom. The molecule has 19 heavy (non-hydrogen) atoms. The molecule has 1 atom stereocenters. The van der Waals surface area contributed by atoms with Crippen molar-refractivity contribution >= 4 is 32.8 Å². The lowest BCUT2D eigenvalue weighted by Crippen LogP contribution is -2.36. The van der Waals surface area contributed by atoms with Crippen molar-refractivity contribution in [2.45, 2.75) is 33.0 Å². The summed E-state index contributed by atoms with van der Waals surface area (Å²) in [4.78, 5) is 15.0. The highest BCUT2D eigenvalue weighted by molar-refractivity contribution is 7.91. The van der Waals surface area contributed by atoms with Crippen LogP contribution in [0.25, 0.3) is 0 Å². The highest BCUT2D eigenvalue weighted by atomic mass is 32.2. The first-order chi connectivity index (χ1) is 8.69. The van der Waals surface area contributed by atoms with Crippen LogP contribution in [0.15, 0.2) is 5.38 Å². The molecule has 0 aliphatic carbocycles. The van der Waals surface area contributed by atoms with Crippen LogP contribution in [0.3, 0.4) is 0 Å². The smallest absolute Gasteiger partial charge is 0.422 e. The van der Waals surface area contributed by atoms with Crippen LogP contribution in [-0.4, -0.2) is 30.7 Å². The third-order valence-corrected chi connectivity index (χ3v) is 3.53. The van der Waals surface area contributed by atoms with Crippen LogP contribution in [0, 0.1) is 0 Å². The summed E-state index contributed by atoms with van der Waals surface area (Å²) in [6.07, 6.45) is -2.31. The van der Waals surface area contributed by atoms with Crippen LogP contribution in [0.2, 0.25) is 0 Å². The lowest BCUT2D eigenvalue weighted by molar-refractivity contribution is 0.121. The van der Waals surface area contributed by atoms with E-state index in [0.717, 1.165) is 11.3 Å². The molecule has 10 heteroatoms. The zero-order chi connectivity index (χ0) is 14.6. The van der Waals surface area contributed by atoms with Crippen molar-refractivity contribution in [2.24, 2.45) is 0 Å². The van der Waals surface area contributed by atoms with E-state index in [1.54, 1.807) is 18.6 Å². The van der Waals surface area contributed by atoms with Crippen LogP contribution < -0.4 is 9.44 Å². The summed E-state index contributed by atoms with van der Waals surface area (Å²) in [6.45, 7) is 4.69. The van der Waals surface area contributed by atoms with Gasteiger partial charge in [0.1, 0.15) is 0 Å². The Balaban J connectivity index is 2.66. The highest BCUT2D eigenvalue weighted by Crippen LogP contribution is 2.20. The van der Waals surface area contributed by atoms with E-state index < -0.39 is 28.5 Å². The Labute approximate surface area is 115 Å². The minimum Gasteiger partial charge on any atom is -0.446 e. The predicted molar refractivity (Wildman–Crippen MR) is 70.0 cm³/mol. The van der Waals surface area contributed by atoms with Gasteiger partial charge in [-0.25, -0.2) is 19.2 Å². The fraction of sp³-hybridized carbons (Fsp3) is 0.556. The molecule has 0 radical (unpaired) electrons. The largest absolute Gasteiger partial charge is 0.446 e. The first-order valence-corrected chi connectivity index (χ1v) is 7.70. The van der Waals surface area contributed by atoms with Crippen LogP contribution in [0.5, 0.6) is 0 Å². The van der Waals surface area contributed by atoms with E-state index in [0.29, 0.717) is 5.69 Å². The molecule has 0 aliphatic heterocycles. The van der Waals surface area contributed by atoms with Crippen LogP contribution in [-0.2, 0) is 14.9 Å². The number of carbonyl (C=O) groups is 1. The molecule has 0 aliphatic rings. The minimum atomic E-state index is -4.10. The van der Waals surface area contributed by atoms with E-state index in [4.69, 9.17) is 0 Å². The van der Waals surface area contributed by atoms with Gasteiger partial charge in [-0.1, -0.05) is 0 Å². The fourth-order valence-electron chi connectivity index (χ4n) is 1.01. The van der Waals surface area contributed by atoms with Crippen molar-refractivity contribution in [1.29, 1.82) is 0 Å². The summed E-state index contributed by atoms with van der Waals surface area (Å²) in [7, 11) is -4.10. The number of carbonyl (C=O) groups excluding carboxylic acids is 1. The number of ether oxygens (including phenoxy) is 1. The fourth-order valence-corrected chi connectivity index (χ4v) is 2.77. The zero-order valence-electron chi connectivity index (χ0n) is 10.6. The van der Waals surface area contributed by atoms with Gasteiger partial charge >= 0.3 is 16.3 Å². The van der Waals surface area contributed by atoms with Gasteiger partial charge in [-0.2, -0.15) is 8.42 Å². The molecular formula is C9H15N3O5S2. The van der Waals surface area contributed by atoms with Gasteiger partial charge in [0.05, 0.1) is 17.9 Å². The normalized spacial score (nSPS) is 13.1. The summed E-state index contributed by atoms with van der Waals surface area (Å²) in [5.74, 6) is 0. The van der Waals surface area contributed by atoms with E-state index in [1.807, 2.05) is 0 Å². The molecule has 1 unspecified atom stereocenters. The van der Waals surface area contributed by atoms with Crippen LogP contribution in [0.1, 0.15) is 32.6 Å². The zero-order valence-corrected chi connectivity index (χ0v) is 12.2. The van der Waals surface area contributed by atoms with E-state index in [2.05, 4.69) is 14.4 Å². The molecule has 1 heterocycles. The average Bonchev–Trinajstić information content (AvgIpc) is 2.62. The number of nitrogens with zero attached hydrogens (tertiary/aromatic N) is 1. The molecule has 1 rings (SSSR count). The maximum Gasteiger partial charge on any atom is 0.422 e. The van der Waals surface area contributed by atoms with Crippen LogP contribution >= 0.6 is 11.3 Å². The quantitative estimate of drug-likeness (QED) is 0.746. The Morgan fingerprint density at radius 2 is 2.11 bits per heavy atom. The summed E-state index contributed by atoms with van der Waals surface area (Å²) < 4.78 is 31.5. The summed E-state index contributed by atoms with van der Waals surface area (Å²) in [6, 6.07) is 0. The third-order valence-electron chi connectivity index (χ3n) is 1.73. The Hall–Kier alpha value is -1.39. The molecule has 0 saturated heterocycles. The molecule has 1 aromatic heterocycles. The van der Waals surface area contributed by atoms with E-state index in [9.17, 15) is 18.3 Å². The number of rotatable bonds is 5. The van der Waals surface area contributed by atoms with Crippen LogP contribution in [0.4, 0.5) is 9.93 Å². The molecule has 8 nitrogen and oxygen atoms in total. The maximum atomic E-state index is 11.6. The van der Waals surface area contributed by atoms with Crippen molar-refractivity contribution < 1.29 is 23.1 Å².